The van der Waals surface area contributed by atoms with Gasteiger partial charge in [-0.1, -0.05) is 19.3 Å². The predicted octanol–water partition coefficient (Wildman–Crippen LogP) is 1.86. The van der Waals surface area contributed by atoms with Crippen molar-refractivity contribution < 1.29 is 0 Å². The second-order valence-corrected chi connectivity index (χ2v) is 5.18. The van der Waals surface area contributed by atoms with Gasteiger partial charge >= 0.3 is 0 Å². The number of nitrogens with one attached hydrogen (secondary N) is 1. The summed E-state index contributed by atoms with van der Waals surface area (Å²) in [7, 11) is 0. The van der Waals surface area contributed by atoms with Gasteiger partial charge < -0.3 is 5.32 Å². The minimum Gasteiger partial charge on any atom is -0.314 e. The van der Waals surface area contributed by atoms with Gasteiger partial charge in [0.1, 0.15) is 0 Å². The maximum absolute atomic E-state index is 11.5. The van der Waals surface area contributed by atoms with E-state index in [4.69, 9.17) is 0 Å². The molecule has 4 heteroatoms. The Morgan fingerprint density at radius 1 is 1.33 bits per heavy atom. The molecule has 1 N–H and O–H groups in total. The van der Waals surface area contributed by atoms with Gasteiger partial charge in [-0.2, -0.15) is 5.10 Å². The van der Waals surface area contributed by atoms with E-state index in [1.165, 1.54) is 32.1 Å². The molecule has 0 spiro atoms. The van der Waals surface area contributed by atoms with E-state index in [-0.39, 0.29) is 5.56 Å². The van der Waals surface area contributed by atoms with Crippen molar-refractivity contribution in [3.8, 4) is 0 Å². The predicted molar refractivity (Wildman–Crippen MR) is 72.7 cm³/mol. The molecule has 4 nitrogen and oxygen atoms in total. The SMILES string of the molecule is Cc1ccc(=O)n(CCCNC2CCCCC2)n1. The van der Waals surface area contributed by atoms with Crippen LogP contribution in [0.25, 0.3) is 0 Å². The molecule has 1 aliphatic carbocycles. The number of aromatic nitrogens is 2. The summed E-state index contributed by atoms with van der Waals surface area (Å²) < 4.78 is 1.57. The van der Waals surface area contributed by atoms with Gasteiger partial charge in [-0.15, -0.1) is 0 Å². The lowest BCUT2D eigenvalue weighted by atomic mass is 9.95. The van der Waals surface area contributed by atoms with Crippen molar-refractivity contribution in [2.24, 2.45) is 0 Å². The second-order valence-electron chi connectivity index (χ2n) is 5.18. The van der Waals surface area contributed by atoms with Gasteiger partial charge in [-0.3, -0.25) is 4.79 Å². The summed E-state index contributed by atoms with van der Waals surface area (Å²) >= 11 is 0. The van der Waals surface area contributed by atoms with Crippen LogP contribution in [0.4, 0.5) is 0 Å². The first-order valence-electron chi connectivity index (χ1n) is 7.04. The van der Waals surface area contributed by atoms with Gasteiger partial charge in [0.15, 0.2) is 0 Å². The lowest BCUT2D eigenvalue weighted by Gasteiger charge is -2.22. The van der Waals surface area contributed by atoms with Gasteiger partial charge in [0.05, 0.1) is 5.69 Å². The lowest BCUT2D eigenvalue weighted by molar-refractivity contribution is 0.366. The zero-order valence-corrected chi connectivity index (χ0v) is 11.2. The molecular formula is C14H23N3O. The molecular weight excluding hydrogens is 226 g/mol. The maximum Gasteiger partial charge on any atom is 0.266 e. The highest BCUT2D eigenvalue weighted by molar-refractivity contribution is 4.96. The Labute approximate surface area is 108 Å². The third-order valence-electron chi connectivity index (χ3n) is 3.58. The van der Waals surface area contributed by atoms with E-state index in [2.05, 4.69) is 10.4 Å². The Hall–Kier alpha value is -1.16. The smallest absolute Gasteiger partial charge is 0.266 e. The molecule has 1 heterocycles. The summed E-state index contributed by atoms with van der Waals surface area (Å²) in [6.07, 6.45) is 7.69. The van der Waals surface area contributed by atoms with Gasteiger partial charge in [0.25, 0.3) is 5.56 Å². The molecule has 0 unspecified atom stereocenters. The number of hydrogen-bond donors (Lipinski definition) is 1. The largest absolute Gasteiger partial charge is 0.314 e. The molecule has 0 amide bonds. The van der Waals surface area contributed by atoms with Gasteiger partial charge in [-0.25, -0.2) is 4.68 Å². The highest BCUT2D eigenvalue weighted by Gasteiger charge is 2.11. The molecule has 0 bridgehead atoms. The second kappa shape index (κ2) is 6.69. The zero-order valence-electron chi connectivity index (χ0n) is 11.2. The molecule has 1 aromatic heterocycles. The van der Waals surface area contributed by atoms with Crippen molar-refractivity contribution in [3.05, 3.63) is 28.2 Å². The van der Waals surface area contributed by atoms with Crippen LogP contribution >= 0.6 is 0 Å². The van der Waals surface area contributed by atoms with Crippen molar-refractivity contribution in [2.75, 3.05) is 6.54 Å². The third kappa shape index (κ3) is 3.95. The Kier molecular flexibility index (Phi) is 4.93. The van der Waals surface area contributed by atoms with Crippen LogP contribution in [-0.4, -0.2) is 22.4 Å². The maximum atomic E-state index is 11.5. The summed E-state index contributed by atoms with van der Waals surface area (Å²) in [6.45, 7) is 3.60. The molecule has 1 aromatic rings. The molecule has 1 aliphatic rings. The first-order valence-corrected chi connectivity index (χ1v) is 7.04. The molecule has 1 fully saturated rings. The Morgan fingerprint density at radius 3 is 2.89 bits per heavy atom. The fourth-order valence-electron chi connectivity index (χ4n) is 2.55. The quantitative estimate of drug-likeness (QED) is 0.810. The van der Waals surface area contributed by atoms with Crippen LogP contribution in [-0.2, 0) is 6.54 Å². The van der Waals surface area contributed by atoms with Crippen LogP contribution in [0.2, 0.25) is 0 Å². The minimum atomic E-state index is -0.00161. The molecule has 1 saturated carbocycles. The summed E-state index contributed by atoms with van der Waals surface area (Å²) in [5.41, 5.74) is 0.896. The lowest BCUT2D eigenvalue weighted by Crippen LogP contribution is -2.33. The van der Waals surface area contributed by atoms with Crippen LogP contribution in [0, 0.1) is 6.92 Å². The highest BCUT2D eigenvalue weighted by atomic mass is 16.1. The van der Waals surface area contributed by atoms with E-state index in [9.17, 15) is 4.79 Å². The first kappa shape index (κ1) is 13.3. The number of rotatable bonds is 5. The molecule has 18 heavy (non-hydrogen) atoms. The van der Waals surface area contributed by atoms with E-state index in [1.807, 2.05) is 6.92 Å². The van der Waals surface area contributed by atoms with E-state index < -0.39 is 0 Å². The summed E-state index contributed by atoms with van der Waals surface area (Å²) in [4.78, 5) is 11.5. The van der Waals surface area contributed by atoms with Crippen LogP contribution in [0.1, 0.15) is 44.2 Å². The number of hydrogen-bond acceptors (Lipinski definition) is 3. The van der Waals surface area contributed by atoms with Crippen molar-refractivity contribution in [1.82, 2.24) is 15.1 Å². The van der Waals surface area contributed by atoms with Crippen LogP contribution < -0.4 is 10.9 Å². The Balaban J connectivity index is 1.71. The Bertz CT molecular complexity index is 421. The van der Waals surface area contributed by atoms with E-state index >= 15 is 0 Å². The number of nitrogens with zero attached hydrogens (tertiary/aromatic N) is 2. The topological polar surface area (TPSA) is 46.9 Å². The standard InChI is InChI=1S/C14H23N3O/c1-12-8-9-14(18)17(16-12)11-5-10-15-13-6-3-2-4-7-13/h8-9,13,15H,2-7,10-11H2,1H3. The fourth-order valence-corrected chi connectivity index (χ4v) is 2.55. The molecule has 0 radical (unpaired) electrons. The molecule has 0 aliphatic heterocycles. The van der Waals surface area contributed by atoms with Crippen molar-refractivity contribution in [3.63, 3.8) is 0 Å². The summed E-state index contributed by atoms with van der Waals surface area (Å²) in [6, 6.07) is 4.05. The third-order valence-corrected chi connectivity index (χ3v) is 3.58. The summed E-state index contributed by atoms with van der Waals surface area (Å²) in [5, 5.41) is 7.82. The van der Waals surface area contributed by atoms with Gasteiger partial charge in [-0.05, 0) is 38.8 Å². The molecule has 2 rings (SSSR count). The molecule has 0 atom stereocenters. The Morgan fingerprint density at radius 2 is 2.11 bits per heavy atom. The van der Waals surface area contributed by atoms with Crippen molar-refractivity contribution >= 4 is 0 Å². The first-order chi connectivity index (χ1) is 8.75. The molecule has 0 aromatic carbocycles. The van der Waals surface area contributed by atoms with Gasteiger partial charge in [0.2, 0.25) is 0 Å². The van der Waals surface area contributed by atoms with E-state index in [0.29, 0.717) is 12.6 Å². The monoisotopic (exact) mass is 249 g/mol. The average molecular weight is 249 g/mol. The summed E-state index contributed by atoms with van der Waals surface area (Å²) in [5.74, 6) is 0. The fraction of sp³-hybridized carbons (Fsp3) is 0.714. The van der Waals surface area contributed by atoms with Crippen LogP contribution in [0.5, 0.6) is 0 Å². The van der Waals surface area contributed by atoms with E-state index in [0.717, 1.165) is 18.7 Å². The van der Waals surface area contributed by atoms with Crippen molar-refractivity contribution in [2.45, 2.75) is 58.0 Å². The van der Waals surface area contributed by atoms with Crippen LogP contribution in [0.15, 0.2) is 16.9 Å². The average Bonchev–Trinajstić information content (AvgIpc) is 2.40. The zero-order chi connectivity index (χ0) is 12.8. The minimum absolute atomic E-state index is 0.00161. The van der Waals surface area contributed by atoms with Crippen molar-refractivity contribution in [1.29, 1.82) is 0 Å². The highest BCUT2D eigenvalue weighted by Crippen LogP contribution is 2.17. The van der Waals surface area contributed by atoms with E-state index in [1.54, 1.807) is 16.8 Å². The number of aryl methyl sites for hydroxylation is 2. The molecule has 100 valence electrons. The van der Waals surface area contributed by atoms with Gasteiger partial charge in [0, 0.05) is 18.7 Å². The normalized spacial score (nSPS) is 16.9. The molecule has 0 saturated heterocycles. The van der Waals surface area contributed by atoms with Crippen LogP contribution in [0.3, 0.4) is 0 Å².